The van der Waals surface area contributed by atoms with Gasteiger partial charge >= 0.3 is 0 Å². The quantitative estimate of drug-likeness (QED) is 0.238. The summed E-state index contributed by atoms with van der Waals surface area (Å²) < 4.78 is 2.03. The van der Waals surface area contributed by atoms with Crippen LogP contribution in [0.3, 0.4) is 0 Å². The van der Waals surface area contributed by atoms with Gasteiger partial charge in [-0.15, -0.1) is 11.3 Å². The number of fused-ring (bicyclic) bond motifs is 1. The molecule has 4 heterocycles. The number of piperazine rings is 1. The summed E-state index contributed by atoms with van der Waals surface area (Å²) in [5.41, 5.74) is 3.55. The van der Waals surface area contributed by atoms with E-state index in [-0.39, 0.29) is 0 Å². The number of hydrogen-bond donors (Lipinski definition) is 0. The van der Waals surface area contributed by atoms with Crippen molar-refractivity contribution in [2.24, 2.45) is 0 Å². The second-order valence-corrected chi connectivity index (χ2v) is 10.7. The molecular weight excluding hydrogens is 535 g/mol. The van der Waals surface area contributed by atoms with Crippen molar-refractivity contribution in [1.82, 2.24) is 24.4 Å². The van der Waals surface area contributed by atoms with Crippen LogP contribution in [-0.4, -0.2) is 50.6 Å². The molecule has 5 aromatic rings. The Morgan fingerprint density at radius 2 is 1.61 bits per heavy atom. The van der Waals surface area contributed by atoms with Gasteiger partial charge in [-0.05, 0) is 47.3 Å². The molecule has 0 amide bonds. The number of halogens is 3. The molecule has 0 radical (unpaired) electrons. The van der Waals surface area contributed by atoms with Crippen LogP contribution >= 0.6 is 46.1 Å². The van der Waals surface area contributed by atoms with Gasteiger partial charge < -0.3 is 4.90 Å². The lowest BCUT2D eigenvalue weighted by Crippen LogP contribution is -2.46. The van der Waals surface area contributed by atoms with E-state index in [2.05, 4.69) is 25.8 Å². The van der Waals surface area contributed by atoms with Crippen LogP contribution in [0.5, 0.6) is 0 Å². The van der Waals surface area contributed by atoms with Crippen LogP contribution in [0.15, 0.2) is 66.3 Å². The first-order valence-corrected chi connectivity index (χ1v) is 13.5. The highest BCUT2D eigenvalue weighted by Gasteiger charge is 2.25. The van der Waals surface area contributed by atoms with Gasteiger partial charge in [0.25, 0.3) is 0 Å². The minimum atomic E-state index is 0.660. The monoisotopic (exact) mass is 554 g/mol. The van der Waals surface area contributed by atoms with Gasteiger partial charge in [-0.25, -0.2) is 15.0 Å². The summed E-state index contributed by atoms with van der Waals surface area (Å²) in [6.07, 6.45) is 1.61. The normalized spacial score (nSPS) is 14.6. The molecule has 36 heavy (non-hydrogen) atoms. The van der Waals surface area contributed by atoms with Gasteiger partial charge in [0.05, 0.1) is 9.90 Å². The first-order valence-electron chi connectivity index (χ1n) is 11.5. The summed E-state index contributed by atoms with van der Waals surface area (Å²) in [4.78, 5) is 19.9. The summed E-state index contributed by atoms with van der Waals surface area (Å²) >= 11 is 20.6. The van der Waals surface area contributed by atoms with Crippen LogP contribution in [0.4, 0.5) is 5.82 Å². The Morgan fingerprint density at radius 1 is 0.833 bits per heavy atom. The maximum absolute atomic E-state index is 6.54. The molecule has 0 N–H and O–H groups in total. The topological polar surface area (TPSA) is 50.1 Å². The van der Waals surface area contributed by atoms with E-state index in [9.17, 15) is 0 Å². The van der Waals surface area contributed by atoms with Crippen LogP contribution in [-0.2, 0) is 6.54 Å². The van der Waals surface area contributed by atoms with Gasteiger partial charge in [0.2, 0.25) is 0 Å². The van der Waals surface area contributed by atoms with Crippen LogP contribution in [0.1, 0.15) is 5.56 Å². The fourth-order valence-electron chi connectivity index (χ4n) is 4.54. The van der Waals surface area contributed by atoms with Crippen LogP contribution in [0, 0.1) is 0 Å². The van der Waals surface area contributed by atoms with Gasteiger partial charge in [-0.1, -0.05) is 53.0 Å². The van der Waals surface area contributed by atoms with E-state index in [1.807, 2.05) is 58.5 Å². The Balaban J connectivity index is 1.35. The molecule has 0 saturated carbocycles. The third-order valence-electron chi connectivity index (χ3n) is 6.35. The predicted molar refractivity (Wildman–Crippen MR) is 149 cm³/mol. The maximum Gasteiger partial charge on any atom is 0.170 e. The van der Waals surface area contributed by atoms with Gasteiger partial charge in [0.1, 0.15) is 6.33 Å². The van der Waals surface area contributed by atoms with Gasteiger partial charge in [0.15, 0.2) is 22.8 Å². The highest BCUT2D eigenvalue weighted by atomic mass is 35.5. The van der Waals surface area contributed by atoms with Crippen molar-refractivity contribution in [3.05, 3.63) is 86.9 Å². The Labute approximate surface area is 227 Å². The minimum absolute atomic E-state index is 0.660. The number of benzene rings is 2. The van der Waals surface area contributed by atoms with Gasteiger partial charge in [-0.3, -0.25) is 9.47 Å². The number of rotatable bonds is 5. The summed E-state index contributed by atoms with van der Waals surface area (Å²) in [6, 6.07) is 17.6. The van der Waals surface area contributed by atoms with Gasteiger partial charge in [-0.2, -0.15) is 0 Å². The summed E-state index contributed by atoms with van der Waals surface area (Å²) in [7, 11) is 0. The molecule has 6 nitrogen and oxygen atoms in total. The Morgan fingerprint density at radius 3 is 2.33 bits per heavy atom. The van der Waals surface area contributed by atoms with Crippen molar-refractivity contribution in [2.45, 2.75) is 6.54 Å². The van der Waals surface area contributed by atoms with E-state index in [0.717, 1.165) is 76.7 Å². The highest BCUT2D eigenvalue weighted by molar-refractivity contribution is 7.14. The van der Waals surface area contributed by atoms with Crippen molar-refractivity contribution in [2.75, 3.05) is 31.1 Å². The minimum Gasteiger partial charge on any atom is -0.352 e. The van der Waals surface area contributed by atoms with Crippen molar-refractivity contribution < 1.29 is 0 Å². The first kappa shape index (κ1) is 23.7. The number of hydrogen-bond acceptors (Lipinski definition) is 6. The van der Waals surface area contributed by atoms with Crippen molar-refractivity contribution in [3.63, 3.8) is 0 Å². The molecule has 3 aromatic heterocycles. The van der Waals surface area contributed by atoms with Crippen LogP contribution in [0.2, 0.25) is 15.1 Å². The van der Waals surface area contributed by atoms with E-state index in [4.69, 9.17) is 39.8 Å². The highest BCUT2D eigenvalue weighted by Crippen LogP contribution is 2.38. The second-order valence-electron chi connectivity index (χ2n) is 8.57. The molecular formula is C26H21Cl3N6S. The lowest BCUT2D eigenvalue weighted by molar-refractivity contribution is 0.249. The van der Waals surface area contributed by atoms with Crippen molar-refractivity contribution >= 4 is 63.1 Å². The molecule has 0 bridgehead atoms. The maximum atomic E-state index is 6.54. The van der Waals surface area contributed by atoms with E-state index in [0.29, 0.717) is 10.0 Å². The lowest BCUT2D eigenvalue weighted by atomic mass is 10.2. The number of imidazole rings is 1. The molecule has 10 heteroatoms. The predicted octanol–water partition coefficient (Wildman–Crippen LogP) is 6.83. The molecule has 6 rings (SSSR count). The Bertz CT molecular complexity index is 1520. The molecule has 182 valence electrons. The third kappa shape index (κ3) is 4.46. The molecule has 1 aliphatic heterocycles. The average molecular weight is 556 g/mol. The zero-order valence-electron chi connectivity index (χ0n) is 19.1. The fraction of sp³-hybridized carbons (Fsp3) is 0.192. The number of aromatic nitrogens is 4. The van der Waals surface area contributed by atoms with Crippen molar-refractivity contribution in [3.8, 4) is 16.4 Å². The number of nitrogens with zero attached hydrogens (tertiary/aromatic N) is 6. The van der Waals surface area contributed by atoms with E-state index < -0.39 is 0 Å². The molecule has 1 aliphatic rings. The summed E-state index contributed by atoms with van der Waals surface area (Å²) in [5, 5.41) is 4.11. The largest absolute Gasteiger partial charge is 0.352 e. The summed E-state index contributed by atoms with van der Waals surface area (Å²) in [5.74, 6) is 1.57. The van der Waals surface area contributed by atoms with Crippen LogP contribution in [0.25, 0.3) is 27.6 Å². The van der Waals surface area contributed by atoms with E-state index >= 15 is 0 Å². The Kier molecular flexibility index (Phi) is 6.58. The van der Waals surface area contributed by atoms with Crippen molar-refractivity contribution in [1.29, 1.82) is 0 Å². The molecule has 0 unspecified atom stereocenters. The smallest absolute Gasteiger partial charge is 0.170 e. The number of anilines is 1. The SMILES string of the molecule is Clc1ccc(-n2c(-c3sccc3Cl)nc3c(N4CCN(Cc5ccccc5Cl)CC4)ncnc32)cc1. The second kappa shape index (κ2) is 10.00. The summed E-state index contributed by atoms with van der Waals surface area (Å²) in [6.45, 7) is 4.30. The molecule has 0 spiro atoms. The standard InChI is InChI=1S/C26H21Cl3N6S/c27-18-5-7-19(8-6-18)35-25-22(32-26(35)23-21(29)9-14-36-23)24(30-16-31-25)34-12-10-33(11-13-34)15-17-3-1-2-4-20(17)28/h1-9,14,16H,10-13,15H2. The van der Waals surface area contributed by atoms with Gasteiger partial charge in [0, 0.05) is 48.5 Å². The number of thiophene rings is 1. The molecule has 0 aliphatic carbocycles. The molecule has 1 fully saturated rings. The molecule has 1 saturated heterocycles. The lowest BCUT2D eigenvalue weighted by Gasteiger charge is -2.35. The van der Waals surface area contributed by atoms with E-state index in [1.165, 1.54) is 0 Å². The molecule has 2 aromatic carbocycles. The van der Waals surface area contributed by atoms with E-state index in [1.54, 1.807) is 17.7 Å². The van der Waals surface area contributed by atoms with Crippen LogP contribution < -0.4 is 4.90 Å². The molecule has 0 atom stereocenters. The average Bonchev–Trinajstić information content (AvgIpc) is 3.49. The zero-order chi connectivity index (χ0) is 24.6. The fourth-order valence-corrected chi connectivity index (χ4v) is 5.98. The Hall–Kier alpha value is -2.68. The zero-order valence-corrected chi connectivity index (χ0v) is 22.2. The third-order valence-corrected chi connectivity index (χ3v) is 8.31. The first-order chi connectivity index (χ1) is 17.6.